The summed E-state index contributed by atoms with van der Waals surface area (Å²) < 4.78 is 11.6. The summed E-state index contributed by atoms with van der Waals surface area (Å²) in [5, 5.41) is 15.7. The van der Waals surface area contributed by atoms with Crippen molar-refractivity contribution >= 4 is 21.8 Å². The summed E-state index contributed by atoms with van der Waals surface area (Å²) in [5.74, 6) is 1.64. The largest absolute Gasteiger partial charge is 0.492 e. The molecule has 3 N–H and O–H groups in total. The molecule has 0 aliphatic carbocycles. The average molecular weight is 390 g/mol. The molecule has 0 aliphatic heterocycles. The van der Waals surface area contributed by atoms with Gasteiger partial charge in [-0.3, -0.25) is 0 Å². The molecule has 0 amide bonds. The molecular weight excluding hydrogens is 364 g/mol. The van der Waals surface area contributed by atoms with Crippen LogP contribution in [0.25, 0.3) is 21.8 Å². The number of para-hydroxylation sites is 3. The van der Waals surface area contributed by atoms with Gasteiger partial charge in [0.05, 0.1) is 5.52 Å². The quantitative estimate of drug-likeness (QED) is 0.378. The fourth-order valence-corrected chi connectivity index (χ4v) is 3.43. The number of aliphatic hydroxyl groups excluding tert-OH is 1. The molecule has 0 spiro atoms. The normalized spacial score (nSPS) is 12.3. The Morgan fingerprint density at radius 1 is 0.897 bits per heavy atom. The van der Waals surface area contributed by atoms with Gasteiger partial charge in [0.2, 0.25) is 0 Å². The number of hydrogen-bond acceptors (Lipinski definition) is 4. The highest BCUT2D eigenvalue weighted by molar-refractivity contribution is 6.09. The molecule has 150 valence electrons. The smallest absolute Gasteiger partial charge is 0.143 e. The minimum absolute atomic E-state index is 0.222. The van der Waals surface area contributed by atoms with E-state index in [0.29, 0.717) is 19.7 Å². The molecule has 0 saturated heterocycles. The van der Waals surface area contributed by atoms with E-state index in [9.17, 15) is 5.11 Å². The van der Waals surface area contributed by atoms with Gasteiger partial charge in [-0.2, -0.15) is 0 Å². The van der Waals surface area contributed by atoms with Crippen LogP contribution in [-0.4, -0.2) is 42.5 Å². The highest BCUT2D eigenvalue weighted by Gasteiger charge is 2.10. The van der Waals surface area contributed by atoms with Crippen molar-refractivity contribution < 1.29 is 14.6 Å². The summed E-state index contributed by atoms with van der Waals surface area (Å²) in [4.78, 5) is 3.41. The summed E-state index contributed by atoms with van der Waals surface area (Å²) in [5.41, 5.74) is 3.15. The van der Waals surface area contributed by atoms with Crippen LogP contribution in [0.5, 0.6) is 11.5 Å². The minimum atomic E-state index is -0.604. The second-order valence-corrected chi connectivity index (χ2v) is 7.13. The molecule has 5 nitrogen and oxygen atoms in total. The van der Waals surface area contributed by atoms with Gasteiger partial charge in [-0.15, -0.1) is 0 Å². The third-order valence-electron chi connectivity index (χ3n) is 4.94. The van der Waals surface area contributed by atoms with Crippen LogP contribution >= 0.6 is 0 Å². The van der Waals surface area contributed by atoms with Gasteiger partial charge >= 0.3 is 0 Å². The van der Waals surface area contributed by atoms with Crippen LogP contribution in [0.2, 0.25) is 0 Å². The third-order valence-corrected chi connectivity index (χ3v) is 4.94. The number of hydrogen-bond donors (Lipinski definition) is 3. The topological polar surface area (TPSA) is 66.5 Å². The first-order valence-electron chi connectivity index (χ1n) is 9.92. The van der Waals surface area contributed by atoms with Crippen LogP contribution in [0.15, 0.2) is 66.7 Å². The zero-order valence-electron chi connectivity index (χ0n) is 16.5. The molecule has 4 rings (SSSR count). The number of aromatic nitrogens is 1. The van der Waals surface area contributed by atoms with Gasteiger partial charge in [0.1, 0.15) is 30.8 Å². The number of rotatable bonds is 9. The van der Waals surface area contributed by atoms with Crippen molar-refractivity contribution in [2.24, 2.45) is 0 Å². The maximum absolute atomic E-state index is 10.2. The minimum Gasteiger partial charge on any atom is -0.492 e. The van der Waals surface area contributed by atoms with Crippen LogP contribution in [0.1, 0.15) is 5.56 Å². The Kier molecular flexibility index (Phi) is 5.98. The maximum atomic E-state index is 10.2. The van der Waals surface area contributed by atoms with E-state index in [1.165, 1.54) is 5.39 Å². The van der Waals surface area contributed by atoms with E-state index in [2.05, 4.69) is 28.5 Å². The SMILES string of the molecule is Cc1ccccc1OCCNCC(O)COc1cccc2c1[nH]c1ccccc12. The molecule has 5 heteroatoms. The summed E-state index contributed by atoms with van der Waals surface area (Å²) in [6, 6.07) is 22.1. The Morgan fingerprint density at radius 3 is 2.55 bits per heavy atom. The molecule has 1 aromatic heterocycles. The predicted octanol–water partition coefficient (Wildman–Crippen LogP) is 4.04. The number of aryl methyl sites for hydroxylation is 1. The van der Waals surface area contributed by atoms with Gasteiger partial charge in [0.15, 0.2) is 0 Å². The van der Waals surface area contributed by atoms with E-state index in [-0.39, 0.29) is 6.61 Å². The Labute approximate surface area is 170 Å². The van der Waals surface area contributed by atoms with Crippen molar-refractivity contribution in [1.82, 2.24) is 10.3 Å². The second kappa shape index (κ2) is 8.99. The molecule has 3 aromatic carbocycles. The highest BCUT2D eigenvalue weighted by Crippen LogP contribution is 2.31. The molecule has 0 saturated carbocycles. The van der Waals surface area contributed by atoms with Crippen LogP contribution in [0.4, 0.5) is 0 Å². The molecule has 0 bridgehead atoms. The van der Waals surface area contributed by atoms with Gasteiger partial charge < -0.3 is 24.9 Å². The van der Waals surface area contributed by atoms with Crippen molar-refractivity contribution in [2.45, 2.75) is 13.0 Å². The Hall–Kier alpha value is -3.02. The number of benzene rings is 3. The molecule has 0 radical (unpaired) electrons. The Bertz CT molecular complexity index is 1090. The predicted molar refractivity (Wildman–Crippen MR) is 117 cm³/mol. The lowest BCUT2D eigenvalue weighted by Gasteiger charge is -2.14. The van der Waals surface area contributed by atoms with Crippen LogP contribution in [0.3, 0.4) is 0 Å². The summed E-state index contributed by atoms with van der Waals surface area (Å²) in [7, 11) is 0. The second-order valence-electron chi connectivity index (χ2n) is 7.13. The fraction of sp³-hybridized carbons (Fsp3) is 0.250. The third kappa shape index (κ3) is 4.53. The maximum Gasteiger partial charge on any atom is 0.143 e. The van der Waals surface area contributed by atoms with Crippen molar-refractivity contribution in [1.29, 1.82) is 0 Å². The Balaban J connectivity index is 1.26. The monoisotopic (exact) mass is 390 g/mol. The molecule has 4 aromatic rings. The van der Waals surface area contributed by atoms with Gasteiger partial charge in [-0.25, -0.2) is 0 Å². The summed E-state index contributed by atoms with van der Waals surface area (Å²) >= 11 is 0. The van der Waals surface area contributed by atoms with Gasteiger partial charge in [0.25, 0.3) is 0 Å². The molecular formula is C24H26N2O3. The molecule has 29 heavy (non-hydrogen) atoms. The van der Waals surface area contributed by atoms with Crippen molar-refractivity contribution in [3.63, 3.8) is 0 Å². The number of ether oxygens (including phenoxy) is 2. The van der Waals surface area contributed by atoms with Gasteiger partial charge in [0, 0.05) is 29.4 Å². The van der Waals surface area contributed by atoms with Gasteiger partial charge in [-0.05, 0) is 30.7 Å². The average Bonchev–Trinajstić information content (AvgIpc) is 3.12. The number of aromatic amines is 1. The first-order chi connectivity index (χ1) is 14.2. The number of H-pyrrole nitrogens is 1. The highest BCUT2D eigenvalue weighted by atomic mass is 16.5. The lowest BCUT2D eigenvalue weighted by atomic mass is 10.1. The summed E-state index contributed by atoms with van der Waals surface area (Å²) in [6.07, 6.45) is -0.604. The van der Waals surface area contributed by atoms with Gasteiger partial charge in [-0.1, -0.05) is 48.5 Å². The zero-order valence-corrected chi connectivity index (χ0v) is 16.5. The van der Waals surface area contributed by atoms with Crippen LogP contribution in [-0.2, 0) is 0 Å². The lowest BCUT2D eigenvalue weighted by Crippen LogP contribution is -2.33. The number of aliphatic hydroxyl groups is 1. The van der Waals surface area contributed by atoms with Crippen molar-refractivity contribution in [2.75, 3.05) is 26.3 Å². The first-order valence-corrected chi connectivity index (χ1v) is 9.92. The standard InChI is InChI=1S/C24H26N2O3/c1-17-7-2-5-11-22(17)28-14-13-25-15-18(27)16-29-23-12-6-9-20-19-8-3-4-10-21(19)26-24(20)23/h2-12,18,25-27H,13-16H2,1H3. The Morgan fingerprint density at radius 2 is 1.66 bits per heavy atom. The summed E-state index contributed by atoms with van der Waals surface area (Å²) in [6.45, 7) is 3.90. The molecule has 0 aliphatic rings. The van der Waals surface area contributed by atoms with Crippen LogP contribution in [0, 0.1) is 6.92 Å². The van der Waals surface area contributed by atoms with E-state index in [0.717, 1.165) is 33.5 Å². The molecule has 0 fully saturated rings. The fourth-order valence-electron chi connectivity index (χ4n) is 3.43. The van der Waals surface area contributed by atoms with E-state index < -0.39 is 6.10 Å². The van der Waals surface area contributed by atoms with Crippen molar-refractivity contribution in [3.05, 3.63) is 72.3 Å². The van der Waals surface area contributed by atoms with Crippen molar-refractivity contribution in [3.8, 4) is 11.5 Å². The number of nitrogens with one attached hydrogen (secondary N) is 2. The lowest BCUT2D eigenvalue weighted by molar-refractivity contribution is 0.106. The molecule has 1 unspecified atom stereocenters. The van der Waals surface area contributed by atoms with E-state index >= 15 is 0 Å². The van der Waals surface area contributed by atoms with E-state index in [4.69, 9.17) is 9.47 Å². The first kappa shape index (κ1) is 19.3. The zero-order chi connectivity index (χ0) is 20.1. The number of fused-ring (bicyclic) bond motifs is 3. The molecule has 1 atom stereocenters. The van der Waals surface area contributed by atoms with E-state index in [1.54, 1.807) is 0 Å². The van der Waals surface area contributed by atoms with Crippen LogP contribution < -0.4 is 14.8 Å². The molecule has 1 heterocycles. The van der Waals surface area contributed by atoms with E-state index in [1.807, 2.05) is 55.5 Å².